The monoisotopic (exact) mass is 257 g/mol. The molecule has 0 aliphatic carbocycles. The predicted molar refractivity (Wildman–Crippen MR) is 71.7 cm³/mol. The zero-order valence-electron chi connectivity index (χ0n) is 9.98. The van der Waals surface area contributed by atoms with Crippen molar-refractivity contribution in [2.75, 3.05) is 0 Å². The number of nitrogens with zero attached hydrogens (tertiary/aromatic N) is 1. The minimum absolute atomic E-state index is 0.442. The summed E-state index contributed by atoms with van der Waals surface area (Å²) in [6.07, 6.45) is 0. The van der Waals surface area contributed by atoms with Gasteiger partial charge in [-0.05, 0) is 30.7 Å². The average molecular weight is 258 g/mol. The van der Waals surface area contributed by atoms with E-state index in [1.807, 2.05) is 25.1 Å². The van der Waals surface area contributed by atoms with Crippen molar-refractivity contribution in [2.45, 2.75) is 13.5 Å². The van der Waals surface area contributed by atoms with Gasteiger partial charge in [0.1, 0.15) is 18.4 Å². The largest absolute Gasteiger partial charge is 0.488 e. The number of ether oxygens (including phenoxy) is 1. The second-order valence-corrected chi connectivity index (χ2v) is 4.47. The number of halogens is 1. The maximum atomic E-state index is 9.00. The Balaban J connectivity index is 2.14. The highest BCUT2D eigenvalue weighted by atomic mass is 35.5. The van der Waals surface area contributed by atoms with E-state index in [2.05, 4.69) is 12.1 Å². The van der Waals surface area contributed by atoms with E-state index in [1.165, 1.54) is 5.56 Å². The van der Waals surface area contributed by atoms with Gasteiger partial charge in [-0.1, -0.05) is 41.4 Å². The van der Waals surface area contributed by atoms with Gasteiger partial charge in [0.15, 0.2) is 0 Å². The van der Waals surface area contributed by atoms with E-state index in [-0.39, 0.29) is 0 Å². The van der Waals surface area contributed by atoms with Crippen molar-refractivity contribution in [1.29, 1.82) is 5.26 Å². The molecule has 2 nitrogen and oxygen atoms in total. The molecule has 0 aliphatic heterocycles. The minimum atomic E-state index is 0.442. The Morgan fingerprint density at radius 3 is 2.78 bits per heavy atom. The van der Waals surface area contributed by atoms with E-state index in [0.29, 0.717) is 22.9 Å². The first kappa shape index (κ1) is 12.5. The Kier molecular flexibility index (Phi) is 3.86. The van der Waals surface area contributed by atoms with E-state index in [1.54, 1.807) is 18.2 Å². The van der Waals surface area contributed by atoms with Crippen molar-refractivity contribution in [2.24, 2.45) is 0 Å². The molecule has 0 radical (unpaired) electrons. The first-order valence-electron chi connectivity index (χ1n) is 5.57. The van der Waals surface area contributed by atoms with Crippen molar-refractivity contribution >= 4 is 11.6 Å². The molecule has 18 heavy (non-hydrogen) atoms. The molecule has 3 heteroatoms. The molecule has 0 heterocycles. The van der Waals surface area contributed by atoms with Crippen LogP contribution in [0.5, 0.6) is 5.75 Å². The Hall–Kier alpha value is -1.98. The molecule has 2 aromatic rings. The summed E-state index contributed by atoms with van der Waals surface area (Å²) in [5.41, 5.74) is 2.72. The van der Waals surface area contributed by atoms with E-state index in [9.17, 15) is 0 Å². The van der Waals surface area contributed by atoms with Gasteiger partial charge in [0.05, 0.1) is 5.56 Å². The fourth-order valence-electron chi connectivity index (χ4n) is 1.68. The van der Waals surface area contributed by atoms with Crippen LogP contribution in [0, 0.1) is 18.3 Å². The molecular formula is C15H12ClNO. The lowest BCUT2D eigenvalue weighted by atomic mass is 10.1. The molecular weight excluding hydrogens is 246 g/mol. The Morgan fingerprint density at radius 1 is 1.22 bits per heavy atom. The molecule has 2 rings (SSSR count). The second-order valence-electron chi connectivity index (χ2n) is 4.03. The van der Waals surface area contributed by atoms with Gasteiger partial charge < -0.3 is 4.74 Å². The lowest BCUT2D eigenvalue weighted by Gasteiger charge is -2.08. The quantitative estimate of drug-likeness (QED) is 0.829. The third-order valence-electron chi connectivity index (χ3n) is 2.54. The van der Waals surface area contributed by atoms with Crippen LogP contribution in [0.4, 0.5) is 0 Å². The number of benzene rings is 2. The van der Waals surface area contributed by atoms with Gasteiger partial charge in [0, 0.05) is 5.02 Å². The van der Waals surface area contributed by atoms with Crippen molar-refractivity contribution in [3.63, 3.8) is 0 Å². The molecule has 90 valence electrons. The molecule has 0 amide bonds. The van der Waals surface area contributed by atoms with E-state index < -0.39 is 0 Å². The topological polar surface area (TPSA) is 33.0 Å². The highest BCUT2D eigenvalue weighted by Gasteiger charge is 2.04. The van der Waals surface area contributed by atoms with Crippen LogP contribution in [-0.4, -0.2) is 0 Å². The number of rotatable bonds is 3. The summed E-state index contributed by atoms with van der Waals surface area (Å²) in [6.45, 7) is 2.48. The Bertz CT molecular complexity index is 602. The van der Waals surface area contributed by atoms with Gasteiger partial charge in [-0.25, -0.2) is 0 Å². The van der Waals surface area contributed by atoms with Gasteiger partial charge >= 0.3 is 0 Å². The molecule has 0 unspecified atom stereocenters. The number of nitriles is 1. The number of hydrogen-bond donors (Lipinski definition) is 0. The van der Waals surface area contributed by atoms with Gasteiger partial charge in [-0.3, -0.25) is 0 Å². The van der Waals surface area contributed by atoms with Crippen LogP contribution in [-0.2, 0) is 6.61 Å². The summed E-state index contributed by atoms with van der Waals surface area (Å²) in [4.78, 5) is 0. The maximum absolute atomic E-state index is 9.00. The zero-order chi connectivity index (χ0) is 13.0. The third-order valence-corrected chi connectivity index (χ3v) is 2.77. The van der Waals surface area contributed by atoms with Crippen LogP contribution in [0.25, 0.3) is 0 Å². The van der Waals surface area contributed by atoms with Crippen LogP contribution in [0.2, 0.25) is 5.02 Å². The fraction of sp³-hybridized carbons (Fsp3) is 0.133. The SMILES string of the molecule is Cc1cccc(COc2ccc(Cl)cc2C#N)c1. The van der Waals surface area contributed by atoms with Crippen molar-refractivity contribution in [1.82, 2.24) is 0 Å². The molecule has 0 aliphatic rings. The highest BCUT2D eigenvalue weighted by molar-refractivity contribution is 6.30. The van der Waals surface area contributed by atoms with Gasteiger partial charge in [0.2, 0.25) is 0 Å². The van der Waals surface area contributed by atoms with Crippen molar-refractivity contribution in [3.8, 4) is 11.8 Å². The summed E-state index contributed by atoms with van der Waals surface area (Å²) in [7, 11) is 0. The number of aryl methyl sites for hydroxylation is 1. The van der Waals surface area contributed by atoms with Crippen LogP contribution in [0.1, 0.15) is 16.7 Å². The number of hydrogen-bond acceptors (Lipinski definition) is 2. The van der Waals surface area contributed by atoms with Crippen LogP contribution in [0.3, 0.4) is 0 Å². The molecule has 0 saturated heterocycles. The van der Waals surface area contributed by atoms with Crippen LogP contribution >= 0.6 is 11.6 Å². The molecule has 0 atom stereocenters. The van der Waals surface area contributed by atoms with Crippen LogP contribution in [0.15, 0.2) is 42.5 Å². The van der Waals surface area contributed by atoms with E-state index in [0.717, 1.165) is 5.56 Å². The first-order valence-corrected chi connectivity index (χ1v) is 5.95. The Morgan fingerprint density at radius 2 is 2.06 bits per heavy atom. The van der Waals surface area contributed by atoms with Gasteiger partial charge in [-0.15, -0.1) is 0 Å². The summed E-state index contributed by atoms with van der Waals surface area (Å²) in [6, 6.07) is 15.2. The smallest absolute Gasteiger partial charge is 0.137 e. The van der Waals surface area contributed by atoms with Gasteiger partial charge in [0.25, 0.3) is 0 Å². The summed E-state index contributed by atoms with van der Waals surface area (Å²) < 4.78 is 5.64. The Labute approximate surface area is 111 Å². The fourth-order valence-corrected chi connectivity index (χ4v) is 1.85. The average Bonchev–Trinajstić information content (AvgIpc) is 2.37. The van der Waals surface area contributed by atoms with Crippen molar-refractivity contribution < 1.29 is 4.74 Å². The molecule has 0 saturated carbocycles. The molecule has 0 spiro atoms. The summed E-state index contributed by atoms with van der Waals surface area (Å²) in [5, 5.41) is 9.53. The van der Waals surface area contributed by atoms with E-state index >= 15 is 0 Å². The molecule has 0 bridgehead atoms. The van der Waals surface area contributed by atoms with Crippen LogP contribution < -0.4 is 4.74 Å². The standard InChI is InChI=1S/C15H12ClNO/c1-11-3-2-4-12(7-11)10-18-15-6-5-14(16)8-13(15)9-17/h2-8H,10H2,1H3. The second kappa shape index (κ2) is 5.57. The predicted octanol–water partition coefficient (Wildman–Crippen LogP) is 4.10. The van der Waals surface area contributed by atoms with Gasteiger partial charge in [-0.2, -0.15) is 5.26 Å². The zero-order valence-corrected chi connectivity index (χ0v) is 10.7. The molecule has 0 aromatic heterocycles. The normalized spacial score (nSPS) is 9.83. The first-order chi connectivity index (χ1) is 8.69. The maximum Gasteiger partial charge on any atom is 0.137 e. The lowest BCUT2D eigenvalue weighted by Crippen LogP contribution is -1.97. The summed E-state index contributed by atoms with van der Waals surface area (Å²) >= 11 is 5.83. The highest BCUT2D eigenvalue weighted by Crippen LogP contribution is 2.23. The lowest BCUT2D eigenvalue weighted by molar-refractivity contribution is 0.305. The molecule has 2 aromatic carbocycles. The minimum Gasteiger partial charge on any atom is -0.488 e. The van der Waals surface area contributed by atoms with Crippen molar-refractivity contribution in [3.05, 3.63) is 64.2 Å². The summed E-state index contributed by atoms with van der Waals surface area (Å²) in [5.74, 6) is 0.559. The molecule has 0 N–H and O–H groups in total. The molecule has 0 fully saturated rings. The van der Waals surface area contributed by atoms with E-state index in [4.69, 9.17) is 21.6 Å². The third kappa shape index (κ3) is 3.03.